The highest BCUT2D eigenvalue weighted by atomic mass is 16.3. The molecule has 1 heterocycles. The average Bonchev–Trinajstić information content (AvgIpc) is 3.04. The molecule has 2 N–H and O–H groups in total. The van der Waals surface area contributed by atoms with Crippen molar-refractivity contribution < 1.29 is 14.0 Å². The normalized spacial score (nSPS) is 26.6. The van der Waals surface area contributed by atoms with Gasteiger partial charge in [-0.25, -0.2) is 0 Å². The molecule has 1 aliphatic rings. The van der Waals surface area contributed by atoms with E-state index in [9.17, 15) is 9.59 Å². The van der Waals surface area contributed by atoms with Gasteiger partial charge in [-0.05, 0) is 31.2 Å². The second-order valence-corrected chi connectivity index (χ2v) is 6.85. The molecule has 122 valence electrons. The van der Waals surface area contributed by atoms with Gasteiger partial charge in [0, 0.05) is 24.6 Å². The third-order valence-corrected chi connectivity index (χ3v) is 5.43. The molecular formula is C17H26N2O3. The van der Waals surface area contributed by atoms with E-state index in [0.29, 0.717) is 13.1 Å². The summed E-state index contributed by atoms with van der Waals surface area (Å²) in [6.07, 6.45) is 4.68. The number of hydrogen-bond acceptors (Lipinski definition) is 3. The first-order chi connectivity index (χ1) is 10.3. The number of carbonyl (C=O) groups excluding carboxylic acids is 2. The Hall–Kier alpha value is -1.78. The molecular weight excluding hydrogens is 280 g/mol. The lowest BCUT2D eigenvalue weighted by molar-refractivity contribution is -0.139. The summed E-state index contributed by atoms with van der Waals surface area (Å²) in [4.78, 5) is 25.0. The van der Waals surface area contributed by atoms with Crippen LogP contribution in [-0.2, 0) is 16.1 Å². The molecule has 5 heteroatoms. The van der Waals surface area contributed by atoms with E-state index in [1.165, 1.54) is 0 Å². The predicted molar refractivity (Wildman–Crippen MR) is 83.9 cm³/mol. The zero-order valence-corrected chi connectivity index (χ0v) is 13.9. The molecule has 0 radical (unpaired) electrons. The van der Waals surface area contributed by atoms with E-state index in [0.717, 1.165) is 18.4 Å². The van der Waals surface area contributed by atoms with Crippen molar-refractivity contribution in [2.24, 2.45) is 16.7 Å². The molecule has 5 nitrogen and oxygen atoms in total. The second-order valence-electron chi connectivity index (χ2n) is 6.85. The Morgan fingerprint density at radius 2 is 2.05 bits per heavy atom. The van der Waals surface area contributed by atoms with Crippen LogP contribution in [0.1, 0.15) is 46.1 Å². The number of hydrogen-bond donors (Lipinski definition) is 2. The Morgan fingerprint density at radius 1 is 1.32 bits per heavy atom. The fourth-order valence-electron chi connectivity index (χ4n) is 3.43. The fraction of sp³-hybridized carbons (Fsp3) is 0.647. The summed E-state index contributed by atoms with van der Waals surface area (Å²) < 4.78 is 5.01. The monoisotopic (exact) mass is 306 g/mol. The van der Waals surface area contributed by atoms with E-state index in [1.807, 2.05) is 33.8 Å². The molecule has 2 atom stereocenters. The zero-order valence-electron chi connectivity index (χ0n) is 13.9. The molecule has 1 aromatic rings. The van der Waals surface area contributed by atoms with Gasteiger partial charge in [-0.2, -0.15) is 0 Å². The maximum atomic E-state index is 12.7. The first-order valence-electron chi connectivity index (χ1n) is 7.90. The van der Waals surface area contributed by atoms with Crippen LogP contribution in [0.25, 0.3) is 0 Å². The third kappa shape index (κ3) is 2.76. The van der Waals surface area contributed by atoms with Gasteiger partial charge in [-0.15, -0.1) is 0 Å². The molecule has 1 aliphatic carbocycles. The van der Waals surface area contributed by atoms with Crippen LogP contribution in [0.5, 0.6) is 0 Å². The zero-order chi connectivity index (χ0) is 16.4. The number of nitrogens with one attached hydrogen (secondary N) is 2. The van der Waals surface area contributed by atoms with Gasteiger partial charge in [0.2, 0.25) is 11.8 Å². The highest BCUT2D eigenvalue weighted by Gasteiger charge is 2.57. The summed E-state index contributed by atoms with van der Waals surface area (Å²) in [5.41, 5.74) is 0.00666. The van der Waals surface area contributed by atoms with E-state index in [4.69, 9.17) is 4.42 Å². The lowest BCUT2D eigenvalue weighted by Crippen LogP contribution is -2.49. The van der Waals surface area contributed by atoms with Crippen molar-refractivity contribution in [3.63, 3.8) is 0 Å². The van der Waals surface area contributed by atoms with Gasteiger partial charge in [0.15, 0.2) is 0 Å². The molecule has 0 saturated heterocycles. The van der Waals surface area contributed by atoms with Gasteiger partial charge in [0.05, 0.1) is 17.9 Å². The summed E-state index contributed by atoms with van der Waals surface area (Å²) in [5, 5.41) is 5.88. The van der Waals surface area contributed by atoms with E-state index in [1.54, 1.807) is 12.5 Å². The molecule has 22 heavy (non-hydrogen) atoms. The summed E-state index contributed by atoms with van der Waals surface area (Å²) in [6.45, 7) is 9.00. The minimum absolute atomic E-state index is 0.00509. The Morgan fingerprint density at radius 3 is 2.64 bits per heavy atom. The van der Waals surface area contributed by atoms with Crippen molar-refractivity contribution in [3.05, 3.63) is 24.2 Å². The molecule has 0 aromatic carbocycles. The van der Waals surface area contributed by atoms with Crippen LogP contribution >= 0.6 is 0 Å². The van der Waals surface area contributed by atoms with Gasteiger partial charge < -0.3 is 15.1 Å². The summed E-state index contributed by atoms with van der Waals surface area (Å²) >= 11 is 0. The van der Waals surface area contributed by atoms with Gasteiger partial charge in [0.1, 0.15) is 0 Å². The lowest BCUT2D eigenvalue weighted by atomic mass is 9.65. The SMILES string of the molecule is CCNC(=O)[C@H]1CC[C@@](C)(C(=O)NCc2ccoc2)C1(C)C. The first kappa shape index (κ1) is 16.6. The number of carbonyl (C=O) groups is 2. The van der Waals surface area contributed by atoms with E-state index < -0.39 is 5.41 Å². The third-order valence-electron chi connectivity index (χ3n) is 5.43. The van der Waals surface area contributed by atoms with Crippen LogP contribution < -0.4 is 10.6 Å². The second kappa shape index (κ2) is 6.15. The lowest BCUT2D eigenvalue weighted by Gasteiger charge is -2.39. The quantitative estimate of drug-likeness (QED) is 0.878. The van der Waals surface area contributed by atoms with E-state index >= 15 is 0 Å². The Bertz CT molecular complexity index is 536. The summed E-state index contributed by atoms with van der Waals surface area (Å²) in [5.74, 6) is -0.0681. The van der Waals surface area contributed by atoms with Crippen LogP contribution in [0.15, 0.2) is 23.0 Å². The standard InChI is InChI=1S/C17H26N2O3/c1-5-18-14(20)13-6-8-17(4,16(13,2)3)15(21)19-10-12-7-9-22-11-12/h7,9,11,13H,5-6,8,10H2,1-4H3,(H,18,20)(H,19,21)/t13-,17+/m1/s1. The average molecular weight is 306 g/mol. The Balaban J connectivity index is 2.08. The fourth-order valence-corrected chi connectivity index (χ4v) is 3.43. The molecule has 2 amide bonds. The highest BCUT2D eigenvalue weighted by Crippen LogP contribution is 2.56. The number of amides is 2. The van der Waals surface area contributed by atoms with Crippen LogP contribution in [0, 0.1) is 16.7 Å². The van der Waals surface area contributed by atoms with Crippen LogP contribution in [0.2, 0.25) is 0 Å². The van der Waals surface area contributed by atoms with Crippen LogP contribution in [-0.4, -0.2) is 18.4 Å². The van der Waals surface area contributed by atoms with Crippen molar-refractivity contribution >= 4 is 11.8 Å². The van der Waals surface area contributed by atoms with Crippen molar-refractivity contribution in [3.8, 4) is 0 Å². The smallest absolute Gasteiger partial charge is 0.226 e. The molecule has 1 fully saturated rings. The van der Waals surface area contributed by atoms with Crippen molar-refractivity contribution in [2.45, 2.75) is 47.1 Å². The van der Waals surface area contributed by atoms with E-state index in [-0.39, 0.29) is 23.1 Å². The van der Waals surface area contributed by atoms with Gasteiger partial charge in [-0.3, -0.25) is 9.59 Å². The Labute approximate surface area is 131 Å². The van der Waals surface area contributed by atoms with Crippen LogP contribution in [0.3, 0.4) is 0 Å². The number of rotatable bonds is 5. The van der Waals surface area contributed by atoms with Crippen molar-refractivity contribution in [1.82, 2.24) is 10.6 Å². The molecule has 1 aromatic heterocycles. The van der Waals surface area contributed by atoms with Gasteiger partial charge >= 0.3 is 0 Å². The first-order valence-corrected chi connectivity index (χ1v) is 7.90. The molecule has 1 saturated carbocycles. The Kier molecular flexibility index (Phi) is 4.63. The van der Waals surface area contributed by atoms with Crippen molar-refractivity contribution in [2.75, 3.05) is 6.54 Å². The highest BCUT2D eigenvalue weighted by molar-refractivity contribution is 5.87. The largest absolute Gasteiger partial charge is 0.472 e. The summed E-state index contributed by atoms with van der Waals surface area (Å²) in [7, 11) is 0. The van der Waals surface area contributed by atoms with Crippen molar-refractivity contribution in [1.29, 1.82) is 0 Å². The maximum Gasteiger partial charge on any atom is 0.226 e. The molecule has 0 unspecified atom stereocenters. The van der Waals surface area contributed by atoms with Gasteiger partial charge in [-0.1, -0.05) is 20.8 Å². The predicted octanol–water partition coefficient (Wildman–Crippen LogP) is 2.47. The molecule has 0 spiro atoms. The molecule has 0 bridgehead atoms. The topological polar surface area (TPSA) is 71.3 Å². The molecule has 0 aliphatic heterocycles. The minimum Gasteiger partial charge on any atom is -0.472 e. The van der Waals surface area contributed by atoms with Crippen LogP contribution in [0.4, 0.5) is 0 Å². The van der Waals surface area contributed by atoms with Gasteiger partial charge in [0.25, 0.3) is 0 Å². The minimum atomic E-state index is -0.549. The number of furan rings is 1. The molecule has 2 rings (SSSR count). The maximum absolute atomic E-state index is 12.7. The summed E-state index contributed by atoms with van der Waals surface area (Å²) in [6, 6.07) is 1.83. The van der Waals surface area contributed by atoms with E-state index in [2.05, 4.69) is 10.6 Å².